The number of amides is 2. The van der Waals surface area contributed by atoms with Gasteiger partial charge in [-0.25, -0.2) is 4.79 Å². The maximum absolute atomic E-state index is 13.2. The molecule has 2 aromatic rings. The van der Waals surface area contributed by atoms with Gasteiger partial charge in [-0.2, -0.15) is 0 Å². The predicted octanol–water partition coefficient (Wildman–Crippen LogP) is 2.74. The summed E-state index contributed by atoms with van der Waals surface area (Å²) in [5.74, 6) is -0.736. The lowest BCUT2D eigenvalue weighted by atomic mass is 9.96. The normalized spacial score (nSPS) is 16.6. The Hall–Kier alpha value is -3.15. The highest BCUT2D eigenvalue weighted by atomic mass is 16.5. The van der Waals surface area contributed by atoms with Crippen molar-refractivity contribution in [1.29, 1.82) is 0 Å². The van der Waals surface area contributed by atoms with Gasteiger partial charge in [-0.05, 0) is 35.2 Å². The Bertz CT molecular complexity index is 907. The van der Waals surface area contributed by atoms with Crippen molar-refractivity contribution >= 4 is 17.8 Å². The van der Waals surface area contributed by atoms with Gasteiger partial charge in [0.1, 0.15) is 6.04 Å². The Morgan fingerprint density at radius 2 is 1.89 bits per heavy atom. The van der Waals surface area contributed by atoms with Gasteiger partial charge in [0, 0.05) is 18.7 Å². The summed E-state index contributed by atoms with van der Waals surface area (Å²) in [6, 6.07) is 13.7. The molecule has 0 spiro atoms. The number of nitrogens with one attached hydrogen (secondary N) is 1. The zero-order chi connectivity index (χ0) is 20.3. The SMILES string of the molecule is COC(=O)c1ccccc1-c1cccc(C(=O)N2CCNC(=O)C2C(C)C)c1. The zero-order valence-electron chi connectivity index (χ0n) is 16.3. The quantitative estimate of drug-likeness (QED) is 0.828. The van der Waals surface area contributed by atoms with Crippen molar-refractivity contribution in [2.24, 2.45) is 5.92 Å². The standard InChI is InChI=1S/C22H24N2O4/c1-14(2)19-20(25)23-11-12-24(19)21(26)16-8-6-7-15(13-16)17-9-4-5-10-18(17)22(27)28-3/h4-10,13-14,19H,11-12H2,1-3H3,(H,23,25). The van der Waals surface area contributed by atoms with Crippen LogP contribution in [0.3, 0.4) is 0 Å². The van der Waals surface area contributed by atoms with Crippen LogP contribution in [0.15, 0.2) is 48.5 Å². The third-order valence-electron chi connectivity index (χ3n) is 4.90. The number of carbonyl (C=O) groups excluding carboxylic acids is 3. The van der Waals surface area contributed by atoms with E-state index in [0.29, 0.717) is 29.8 Å². The number of hydrogen-bond acceptors (Lipinski definition) is 4. The van der Waals surface area contributed by atoms with Crippen molar-refractivity contribution in [3.8, 4) is 11.1 Å². The van der Waals surface area contributed by atoms with E-state index in [2.05, 4.69) is 5.32 Å². The third kappa shape index (κ3) is 3.76. The third-order valence-corrected chi connectivity index (χ3v) is 4.90. The average molecular weight is 380 g/mol. The lowest BCUT2D eigenvalue weighted by molar-refractivity contribution is -0.129. The second kappa shape index (κ2) is 8.25. The van der Waals surface area contributed by atoms with Gasteiger partial charge >= 0.3 is 5.97 Å². The molecule has 0 aromatic heterocycles. The molecule has 1 atom stereocenters. The molecule has 0 aliphatic carbocycles. The fourth-order valence-electron chi connectivity index (χ4n) is 3.58. The number of hydrogen-bond donors (Lipinski definition) is 1. The van der Waals surface area contributed by atoms with Crippen LogP contribution in [-0.2, 0) is 9.53 Å². The molecule has 2 amide bonds. The van der Waals surface area contributed by atoms with Crippen LogP contribution in [0, 0.1) is 5.92 Å². The van der Waals surface area contributed by atoms with E-state index in [9.17, 15) is 14.4 Å². The van der Waals surface area contributed by atoms with Crippen LogP contribution >= 0.6 is 0 Å². The number of piperazine rings is 1. The molecular formula is C22H24N2O4. The van der Waals surface area contributed by atoms with Gasteiger partial charge in [-0.1, -0.05) is 44.2 Å². The van der Waals surface area contributed by atoms with Crippen LogP contribution in [0.4, 0.5) is 0 Å². The van der Waals surface area contributed by atoms with Gasteiger partial charge in [0.2, 0.25) is 5.91 Å². The second-order valence-corrected chi connectivity index (χ2v) is 7.10. The van der Waals surface area contributed by atoms with Gasteiger partial charge in [0.25, 0.3) is 5.91 Å². The first kappa shape index (κ1) is 19.6. The summed E-state index contributed by atoms with van der Waals surface area (Å²) in [6.45, 7) is 4.77. The number of carbonyl (C=O) groups is 3. The smallest absolute Gasteiger partial charge is 0.338 e. The Balaban J connectivity index is 1.97. The largest absolute Gasteiger partial charge is 0.465 e. The number of ether oxygens (including phenoxy) is 1. The highest BCUT2D eigenvalue weighted by Crippen LogP contribution is 2.26. The van der Waals surface area contributed by atoms with Crippen LogP contribution in [-0.4, -0.2) is 48.9 Å². The predicted molar refractivity (Wildman–Crippen MR) is 106 cm³/mol. The number of esters is 1. The lowest BCUT2D eigenvalue weighted by Crippen LogP contribution is -2.59. The van der Waals surface area contributed by atoms with Crippen molar-refractivity contribution in [3.63, 3.8) is 0 Å². The number of nitrogens with zero attached hydrogens (tertiary/aromatic N) is 1. The Kier molecular flexibility index (Phi) is 5.78. The molecule has 3 rings (SSSR count). The molecule has 1 unspecified atom stereocenters. The van der Waals surface area contributed by atoms with Crippen molar-refractivity contribution in [1.82, 2.24) is 10.2 Å². The first-order chi connectivity index (χ1) is 13.4. The van der Waals surface area contributed by atoms with Crippen molar-refractivity contribution in [3.05, 3.63) is 59.7 Å². The lowest BCUT2D eigenvalue weighted by Gasteiger charge is -2.37. The molecule has 28 heavy (non-hydrogen) atoms. The van der Waals surface area contributed by atoms with Gasteiger partial charge < -0.3 is 15.0 Å². The topological polar surface area (TPSA) is 75.7 Å². The molecule has 1 N–H and O–H groups in total. The molecular weight excluding hydrogens is 356 g/mol. The van der Waals surface area contributed by atoms with Crippen molar-refractivity contribution in [2.45, 2.75) is 19.9 Å². The van der Waals surface area contributed by atoms with E-state index in [-0.39, 0.29) is 17.7 Å². The molecule has 0 radical (unpaired) electrons. The van der Waals surface area contributed by atoms with Crippen molar-refractivity contribution in [2.75, 3.05) is 20.2 Å². The summed E-state index contributed by atoms with van der Waals surface area (Å²) >= 11 is 0. The Morgan fingerprint density at radius 3 is 2.61 bits per heavy atom. The van der Waals surface area contributed by atoms with E-state index in [1.807, 2.05) is 32.0 Å². The maximum atomic E-state index is 13.2. The molecule has 146 valence electrons. The summed E-state index contributed by atoms with van der Waals surface area (Å²) in [6.07, 6.45) is 0. The number of rotatable bonds is 4. The zero-order valence-corrected chi connectivity index (χ0v) is 16.3. The van der Waals surface area contributed by atoms with Crippen LogP contribution < -0.4 is 5.32 Å². The summed E-state index contributed by atoms with van der Waals surface area (Å²) in [4.78, 5) is 39.2. The molecule has 0 saturated carbocycles. The molecule has 6 nitrogen and oxygen atoms in total. The fourth-order valence-corrected chi connectivity index (χ4v) is 3.58. The number of benzene rings is 2. The summed E-state index contributed by atoms with van der Waals surface area (Å²) in [5.41, 5.74) is 2.36. The van der Waals surface area contributed by atoms with Crippen LogP contribution in [0.1, 0.15) is 34.6 Å². The molecule has 1 aliphatic heterocycles. The van der Waals surface area contributed by atoms with Gasteiger partial charge in [-0.15, -0.1) is 0 Å². The minimum atomic E-state index is -0.493. The maximum Gasteiger partial charge on any atom is 0.338 e. The molecule has 0 bridgehead atoms. The van der Waals surface area contributed by atoms with E-state index < -0.39 is 12.0 Å². The highest BCUT2D eigenvalue weighted by molar-refractivity contribution is 6.01. The molecule has 2 aromatic carbocycles. The Labute approximate surface area is 164 Å². The van der Waals surface area contributed by atoms with E-state index in [0.717, 1.165) is 5.56 Å². The second-order valence-electron chi connectivity index (χ2n) is 7.10. The first-order valence-corrected chi connectivity index (χ1v) is 9.30. The van der Waals surface area contributed by atoms with E-state index in [1.54, 1.807) is 35.2 Å². The Morgan fingerprint density at radius 1 is 1.14 bits per heavy atom. The minimum Gasteiger partial charge on any atom is -0.465 e. The van der Waals surface area contributed by atoms with Crippen LogP contribution in [0.25, 0.3) is 11.1 Å². The monoisotopic (exact) mass is 380 g/mol. The van der Waals surface area contributed by atoms with Crippen molar-refractivity contribution < 1.29 is 19.1 Å². The van der Waals surface area contributed by atoms with E-state index >= 15 is 0 Å². The molecule has 1 fully saturated rings. The first-order valence-electron chi connectivity index (χ1n) is 9.30. The fraction of sp³-hybridized carbons (Fsp3) is 0.318. The minimum absolute atomic E-state index is 0.00693. The molecule has 1 heterocycles. The average Bonchev–Trinajstić information content (AvgIpc) is 2.72. The molecule has 1 aliphatic rings. The van der Waals surface area contributed by atoms with Gasteiger partial charge in [0.05, 0.1) is 12.7 Å². The van der Waals surface area contributed by atoms with E-state index in [1.165, 1.54) is 7.11 Å². The van der Waals surface area contributed by atoms with Crippen LogP contribution in [0.5, 0.6) is 0 Å². The highest BCUT2D eigenvalue weighted by Gasteiger charge is 2.35. The van der Waals surface area contributed by atoms with Gasteiger partial charge in [-0.3, -0.25) is 9.59 Å². The number of methoxy groups -OCH3 is 1. The van der Waals surface area contributed by atoms with E-state index in [4.69, 9.17) is 4.74 Å². The van der Waals surface area contributed by atoms with Gasteiger partial charge in [0.15, 0.2) is 0 Å². The summed E-state index contributed by atoms with van der Waals surface area (Å²) < 4.78 is 4.86. The summed E-state index contributed by atoms with van der Waals surface area (Å²) in [7, 11) is 1.34. The molecule has 6 heteroatoms. The molecule has 1 saturated heterocycles. The summed E-state index contributed by atoms with van der Waals surface area (Å²) in [5, 5.41) is 2.83. The van der Waals surface area contributed by atoms with Crippen LogP contribution in [0.2, 0.25) is 0 Å².